The number of rotatable bonds is 10. The number of carbonyl (C=O) groups excluding carboxylic acids is 4. The SMILES string of the molecule is COc1ccccc1Cc1nc(-c2ccccc2)nn([C@@H]2O[C@@H](COC(C)=O)[C@H](OC(C)=O)[C@H](OC(C)=O)[C@@H]2OC(C)=O)c1=S. The van der Waals surface area contributed by atoms with Crippen molar-refractivity contribution in [2.24, 2.45) is 0 Å². The summed E-state index contributed by atoms with van der Waals surface area (Å²) in [6.07, 6.45) is -6.44. The number of ether oxygens (including phenoxy) is 6. The Balaban J connectivity index is 1.94. The van der Waals surface area contributed by atoms with Crippen LogP contribution in [-0.2, 0) is 49.3 Å². The molecule has 1 aliphatic rings. The zero-order valence-corrected chi connectivity index (χ0v) is 26.1. The van der Waals surface area contributed by atoms with Crippen LogP contribution < -0.4 is 4.74 Å². The molecule has 0 unspecified atom stereocenters. The van der Waals surface area contributed by atoms with E-state index >= 15 is 0 Å². The Kier molecular flexibility index (Phi) is 11.0. The van der Waals surface area contributed by atoms with Crippen LogP contribution in [-0.4, -0.2) is 76.8 Å². The summed E-state index contributed by atoms with van der Waals surface area (Å²) < 4.78 is 35.3. The van der Waals surface area contributed by atoms with Gasteiger partial charge in [-0.1, -0.05) is 60.7 Å². The van der Waals surface area contributed by atoms with Gasteiger partial charge in [0.25, 0.3) is 0 Å². The van der Waals surface area contributed by atoms with E-state index < -0.39 is 61.1 Å². The van der Waals surface area contributed by atoms with Crippen LogP contribution in [0.25, 0.3) is 11.4 Å². The first-order valence-corrected chi connectivity index (χ1v) is 14.4. The van der Waals surface area contributed by atoms with Gasteiger partial charge in [0.05, 0.1) is 12.8 Å². The van der Waals surface area contributed by atoms with Gasteiger partial charge in [-0.2, -0.15) is 0 Å². The Bertz CT molecular complexity index is 1610. The third-order valence-electron chi connectivity index (χ3n) is 6.69. The smallest absolute Gasteiger partial charge is 0.303 e. The highest BCUT2D eigenvalue weighted by atomic mass is 32.1. The van der Waals surface area contributed by atoms with Crippen molar-refractivity contribution in [3.63, 3.8) is 0 Å². The molecule has 0 saturated carbocycles. The van der Waals surface area contributed by atoms with Crippen LogP contribution in [0, 0.1) is 4.64 Å². The third kappa shape index (κ3) is 8.28. The van der Waals surface area contributed by atoms with Gasteiger partial charge in [-0.3, -0.25) is 19.2 Å². The molecular formula is C31H33N3O10S. The molecule has 0 bridgehead atoms. The number of esters is 4. The highest BCUT2D eigenvalue weighted by Crippen LogP contribution is 2.35. The fraction of sp³-hybridized carbons (Fsp3) is 0.387. The standard InChI is InChI=1S/C31H33N3O10S/c1-17(35)40-16-25-26(41-18(2)36)27(42-19(3)37)28(43-20(4)38)30(44-25)34-31(45)23(15-22-13-9-10-14-24(22)39-5)32-29(33-34)21-11-7-6-8-12-21/h6-14,25-28,30H,15-16H2,1-5H3/t25-,26-,27-,28-,30+/m0/s1. The van der Waals surface area contributed by atoms with Crippen molar-refractivity contribution in [1.29, 1.82) is 0 Å². The van der Waals surface area contributed by atoms with E-state index in [-0.39, 0.29) is 16.9 Å². The molecule has 2 aromatic carbocycles. The maximum atomic E-state index is 12.4. The van der Waals surface area contributed by atoms with Gasteiger partial charge >= 0.3 is 23.9 Å². The fourth-order valence-corrected chi connectivity index (χ4v) is 5.17. The van der Waals surface area contributed by atoms with Crippen LogP contribution in [0.4, 0.5) is 0 Å². The van der Waals surface area contributed by atoms with E-state index in [4.69, 9.17) is 50.7 Å². The summed E-state index contributed by atoms with van der Waals surface area (Å²) in [7, 11) is 1.56. The molecule has 238 valence electrons. The first-order valence-electron chi connectivity index (χ1n) is 14.0. The van der Waals surface area contributed by atoms with Crippen molar-refractivity contribution in [1.82, 2.24) is 14.8 Å². The molecule has 0 N–H and O–H groups in total. The van der Waals surface area contributed by atoms with Gasteiger partial charge in [0.1, 0.15) is 23.1 Å². The second-order valence-electron chi connectivity index (χ2n) is 10.1. The molecule has 1 aliphatic heterocycles. The normalized spacial score (nSPS) is 20.9. The second kappa shape index (κ2) is 14.9. The van der Waals surface area contributed by atoms with E-state index in [0.717, 1.165) is 26.3 Å². The summed E-state index contributed by atoms with van der Waals surface area (Å²) in [5.41, 5.74) is 1.85. The maximum absolute atomic E-state index is 12.4. The van der Waals surface area contributed by atoms with Crippen LogP contribution in [0.2, 0.25) is 0 Å². The molecular weight excluding hydrogens is 606 g/mol. The lowest BCUT2D eigenvalue weighted by Gasteiger charge is -2.44. The molecule has 4 rings (SSSR count). The lowest BCUT2D eigenvalue weighted by Crippen LogP contribution is -2.60. The number of benzene rings is 2. The fourth-order valence-electron chi connectivity index (χ4n) is 4.91. The number of carbonyl (C=O) groups is 4. The van der Waals surface area contributed by atoms with Gasteiger partial charge in [-0.25, -0.2) is 9.67 Å². The lowest BCUT2D eigenvalue weighted by atomic mass is 9.97. The predicted molar refractivity (Wildman–Crippen MR) is 159 cm³/mol. The van der Waals surface area contributed by atoms with Crippen molar-refractivity contribution in [2.75, 3.05) is 13.7 Å². The van der Waals surface area contributed by atoms with E-state index in [1.165, 1.54) is 11.6 Å². The molecule has 1 aromatic heterocycles. The maximum Gasteiger partial charge on any atom is 0.303 e. The second-order valence-corrected chi connectivity index (χ2v) is 10.5. The average Bonchev–Trinajstić information content (AvgIpc) is 2.99. The third-order valence-corrected chi connectivity index (χ3v) is 7.11. The molecule has 13 nitrogen and oxygen atoms in total. The quantitative estimate of drug-likeness (QED) is 0.181. The Morgan fingerprint density at radius 2 is 1.42 bits per heavy atom. The predicted octanol–water partition coefficient (Wildman–Crippen LogP) is 3.53. The molecule has 0 radical (unpaired) electrons. The number of para-hydroxylation sites is 1. The Morgan fingerprint density at radius 1 is 0.822 bits per heavy atom. The zero-order chi connectivity index (χ0) is 32.7. The molecule has 2 heterocycles. The van der Waals surface area contributed by atoms with Crippen LogP contribution in [0.1, 0.15) is 45.2 Å². The van der Waals surface area contributed by atoms with Gasteiger partial charge in [0.15, 0.2) is 30.4 Å². The van der Waals surface area contributed by atoms with Crippen LogP contribution in [0.3, 0.4) is 0 Å². The summed E-state index contributed by atoms with van der Waals surface area (Å²) in [6, 6.07) is 16.5. The Morgan fingerprint density at radius 3 is 2.04 bits per heavy atom. The molecule has 5 atom stereocenters. The highest BCUT2D eigenvalue weighted by Gasteiger charge is 2.53. The number of hydrogen-bond acceptors (Lipinski definition) is 13. The molecule has 1 fully saturated rings. The van der Waals surface area contributed by atoms with Crippen molar-refractivity contribution in [3.05, 3.63) is 70.5 Å². The minimum absolute atomic E-state index is 0.112. The molecule has 14 heteroatoms. The minimum atomic E-state index is -1.41. The van der Waals surface area contributed by atoms with Crippen LogP contribution in [0.5, 0.6) is 5.75 Å². The topological polar surface area (TPSA) is 154 Å². The molecule has 0 amide bonds. The monoisotopic (exact) mass is 639 g/mol. The summed E-state index contributed by atoms with van der Waals surface area (Å²) in [4.78, 5) is 53.4. The molecule has 1 saturated heterocycles. The van der Waals surface area contributed by atoms with Gasteiger partial charge in [0.2, 0.25) is 0 Å². The van der Waals surface area contributed by atoms with Crippen molar-refractivity contribution in [3.8, 4) is 17.1 Å². The van der Waals surface area contributed by atoms with Crippen LogP contribution >= 0.6 is 12.2 Å². The minimum Gasteiger partial charge on any atom is -0.496 e. The average molecular weight is 640 g/mol. The summed E-state index contributed by atoms with van der Waals surface area (Å²) in [6.45, 7) is 4.26. The Labute approximate surface area is 264 Å². The summed E-state index contributed by atoms with van der Waals surface area (Å²) in [5, 5.41) is 4.70. The number of hydrogen-bond donors (Lipinski definition) is 0. The van der Waals surface area contributed by atoms with Gasteiger partial charge in [-0.05, 0) is 6.07 Å². The van der Waals surface area contributed by atoms with E-state index in [9.17, 15) is 19.2 Å². The molecule has 0 aliphatic carbocycles. The van der Waals surface area contributed by atoms with Crippen LogP contribution in [0.15, 0.2) is 54.6 Å². The van der Waals surface area contributed by atoms with E-state index in [0.29, 0.717) is 17.0 Å². The van der Waals surface area contributed by atoms with Gasteiger partial charge in [-0.15, -0.1) is 5.10 Å². The number of methoxy groups -OCH3 is 1. The molecule has 45 heavy (non-hydrogen) atoms. The van der Waals surface area contributed by atoms with E-state index in [1.54, 1.807) is 7.11 Å². The summed E-state index contributed by atoms with van der Waals surface area (Å²) in [5.74, 6) is -1.99. The number of nitrogens with zero attached hydrogens (tertiary/aromatic N) is 3. The molecule has 3 aromatic rings. The number of aromatic nitrogens is 3. The lowest BCUT2D eigenvalue weighted by molar-refractivity contribution is -0.270. The largest absolute Gasteiger partial charge is 0.496 e. The Hall–Kier alpha value is -4.69. The first kappa shape index (κ1) is 33.2. The highest BCUT2D eigenvalue weighted by molar-refractivity contribution is 7.71. The van der Waals surface area contributed by atoms with Crippen molar-refractivity contribution in [2.45, 2.75) is 64.8 Å². The van der Waals surface area contributed by atoms with E-state index in [1.807, 2.05) is 54.6 Å². The summed E-state index contributed by atoms with van der Waals surface area (Å²) >= 11 is 5.90. The van der Waals surface area contributed by atoms with Gasteiger partial charge in [0, 0.05) is 45.2 Å². The zero-order valence-electron chi connectivity index (χ0n) is 25.3. The van der Waals surface area contributed by atoms with Crippen molar-refractivity contribution < 1.29 is 47.6 Å². The van der Waals surface area contributed by atoms with Gasteiger partial charge < -0.3 is 28.4 Å². The first-order chi connectivity index (χ1) is 21.5. The van der Waals surface area contributed by atoms with Crippen molar-refractivity contribution >= 4 is 36.1 Å². The molecule has 0 spiro atoms. The van der Waals surface area contributed by atoms with E-state index in [2.05, 4.69) is 0 Å².